The van der Waals surface area contributed by atoms with Crippen molar-refractivity contribution in [2.24, 2.45) is 11.1 Å². The molecule has 0 saturated heterocycles. The number of nitrogens with one attached hydrogen (secondary N) is 2. The van der Waals surface area contributed by atoms with Crippen LogP contribution in [0.5, 0.6) is 0 Å². The molecule has 0 aromatic rings. The Labute approximate surface area is 70.2 Å². The average Bonchev–Trinajstić information content (AvgIpc) is 2.01. The van der Waals surface area contributed by atoms with Crippen LogP contribution < -0.4 is 11.3 Å². The average molecular weight is 172 g/mol. The second-order valence-electron chi connectivity index (χ2n) is 2.39. The van der Waals surface area contributed by atoms with E-state index in [0.717, 1.165) is 5.57 Å². The molecule has 0 saturated carbocycles. The Balaban J connectivity index is 4.11. The molecule has 0 bridgehead atoms. The van der Waals surface area contributed by atoms with Crippen LogP contribution in [0.1, 0.15) is 13.3 Å². The summed E-state index contributed by atoms with van der Waals surface area (Å²) in [5, 5.41) is 2.86. The number of nitrogens with two attached hydrogens (primary N) is 1. The lowest BCUT2D eigenvalue weighted by Gasteiger charge is -2.11. The predicted octanol–water partition coefficient (Wildman–Crippen LogP) is 0.274. The van der Waals surface area contributed by atoms with Crippen LogP contribution in [0.3, 0.4) is 0 Å². The maximum atomic E-state index is 10.8. The third-order valence-corrected chi connectivity index (χ3v) is 1.17. The Kier molecular flexibility index (Phi) is 4.62. The first kappa shape index (κ1) is 10.6. The Morgan fingerprint density at radius 2 is 2.50 bits per heavy atom. The van der Waals surface area contributed by atoms with Gasteiger partial charge in [0.1, 0.15) is 6.04 Å². The molecule has 0 rings (SSSR count). The van der Waals surface area contributed by atoms with Crippen molar-refractivity contribution in [2.45, 2.75) is 19.4 Å². The fourth-order valence-electron chi connectivity index (χ4n) is 0.690. The number of hydrogen-bond donors (Lipinski definition) is 3. The molecule has 0 aromatic carbocycles. The highest BCUT2D eigenvalue weighted by atomic mass is 16.7. The number of rotatable bonds is 5. The van der Waals surface area contributed by atoms with Gasteiger partial charge < -0.3 is 4.84 Å². The summed E-state index contributed by atoms with van der Waals surface area (Å²) in [5.41, 5.74) is 9.50. The molecule has 0 spiro atoms. The fourth-order valence-corrected chi connectivity index (χ4v) is 0.690. The summed E-state index contributed by atoms with van der Waals surface area (Å²) in [4.78, 5) is 14.8. The molecule has 1 atom stereocenters. The van der Waals surface area contributed by atoms with Gasteiger partial charge in [0.25, 0.3) is 0 Å². The van der Waals surface area contributed by atoms with Crippen molar-refractivity contribution in [1.29, 1.82) is 5.53 Å². The lowest BCUT2D eigenvalue weighted by Crippen LogP contribution is -2.36. The van der Waals surface area contributed by atoms with Gasteiger partial charge in [-0.3, -0.25) is 5.43 Å². The lowest BCUT2D eigenvalue weighted by molar-refractivity contribution is -0.146. The Morgan fingerprint density at radius 1 is 1.92 bits per heavy atom. The van der Waals surface area contributed by atoms with Gasteiger partial charge in [-0.1, -0.05) is 10.8 Å². The molecule has 6 nitrogen and oxygen atoms in total. The third kappa shape index (κ3) is 3.67. The highest BCUT2D eigenvalue weighted by molar-refractivity contribution is 5.75. The van der Waals surface area contributed by atoms with Crippen LogP contribution in [-0.2, 0) is 9.63 Å². The molecule has 12 heavy (non-hydrogen) atoms. The third-order valence-electron chi connectivity index (χ3n) is 1.17. The first-order valence-electron chi connectivity index (χ1n) is 3.28. The number of carbonyl (C=O) groups is 1. The summed E-state index contributed by atoms with van der Waals surface area (Å²) in [7, 11) is 0. The van der Waals surface area contributed by atoms with Gasteiger partial charge in [-0.2, -0.15) is 11.4 Å². The van der Waals surface area contributed by atoms with Gasteiger partial charge >= 0.3 is 5.97 Å². The van der Waals surface area contributed by atoms with E-state index in [1.807, 2.05) is 0 Å². The first-order valence-corrected chi connectivity index (χ1v) is 3.28. The van der Waals surface area contributed by atoms with Gasteiger partial charge in [-0.25, -0.2) is 4.79 Å². The van der Waals surface area contributed by atoms with Gasteiger partial charge in [-0.15, -0.1) is 6.58 Å². The van der Waals surface area contributed by atoms with Gasteiger partial charge in [0.15, 0.2) is 0 Å². The van der Waals surface area contributed by atoms with Crippen LogP contribution >= 0.6 is 0 Å². The van der Waals surface area contributed by atoms with Crippen LogP contribution in [0, 0.1) is 5.53 Å². The maximum absolute atomic E-state index is 10.8. The minimum absolute atomic E-state index is 0.346. The van der Waals surface area contributed by atoms with Gasteiger partial charge in [0.05, 0.1) is 0 Å². The normalized spacial score (nSPS) is 11.5. The van der Waals surface area contributed by atoms with Crippen LogP contribution in [-0.4, -0.2) is 12.0 Å². The van der Waals surface area contributed by atoms with E-state index in [-0.39, 0.29) is 0 Å². The Bertz CT molecular complexity index is 192. The zero-order valence-electron chi connectivity index (χ0n) is 6.83. The molecule has 4 N–H and O–H groups in total. The van der Waals surface area contributed by atoms with E-state index in [0.29, 0.717) is 6.42 Å². The van der Waals surface area contributed by atoms with E-state index in [1.54, 1.807) is 6.92 Å². The SMILES string of the molecule is C=C(C)C[C@H](NN=N)C(=O)ON. The zero-order valence-corrected chi connectivity index (χ0v) is 6.83. The second kappa shape index (κ2) is 5.25. The number of hydrogen-bond acceptors (Lipinski definition) is 5. The summed E-state index contributed by atoms with van der Waals surface area (Å²) in [6.45, 7) is 5.35. The van der Waals surface area contributed by atoms with E-state index in [1.165, 1.54) is 0 Å². The van der Waals surface area contributed by atoms with Crippen molar-refractivity contribution in [3.05, 3.63) is 12.2 Å². The minimum atomic E-state index is -0.718. The molecular weight excluding hydrogens is 160 g/mol. The van der Waals surface area contributed by atoms with Crippen molar-refractivity contribution in [1.82, 2.24) is 5.43 Å². The van der Waals surface area contributed by atoms with Gasteiger partial charge in [0.2, 0.25) is 0 Å². The largest absolute Gasteiger partial charge is 0.372 e. The van der Waals surface area contributed by atoms with Crippen LogP contribution in [0.15, 0.2) is 17.4 Å². The molecule has 0 aromatic heterocycles. The molecule has 0 fully saturated rings. The smallest absolute Gasteiger partial charge is 0.349 e. The topological polar surface area (TPSA) is 101 Å². The molecule has 0 aliphatic heterocycles. The Hall–Kier alpha value is -1.43. The van der Waals surface area contributed by atoms with Crippen molar-refractivity contribution < 1.29 is 9.63 Å². The van der Waals surface area contributed by atoms with Crippen LogP contribution in [0.4, 0.5) is 0 Å². The monoisotopic (exact) mass is 172 g/mol. The zero-order chi connectivity index (χ0) is 9.56. The number of carbonyl (C=O) groups excluding carboxylic acids is 1. The number of nitrogens with zero attached hydrogens (tertiary/aromatic N) is 1. The fraction of sp³-hybridized carbons (Fsp3) is 0.500. The van der Waals surface area contributed by atoms with Gasteiger partial charge in [-0.05, 0) is 6.92 Å². The molecular formula is C6H12N4O2. The molecule has 0 unspecified atom stereocenters. The summed E-state index contributed by atoms with van der Waals surface area (Å²) in [5.74, 6) is 4.00. The quantitative estimate of drug-likeness (QED) is 0.315. The van der Waals surface area contributed by atoms with Crippen molar-refractivity contribution in [2.75, 3.05) is 0 Å². The predicted molar refractivity (Wildman–Crippen MR) is 41.8 cm³/mol. The lowest BCUT2D eigenvalue weighted by atomic mass is 10.1. The summed E-state index contributed by atoms with van der Waals surface area (Å²) < 4.78 is 0. The van der Waals surface area contributed by atoms with Crippen molar-refractivity contribution >= 4 is 5.97 Å². The van der Waals surface area contributed by atoms with Crippen molar-refractivity contribution in [3.63, 3.8) is 0 Å². The highest BCUT2D eigenvalue weighted by Gasteiger charge is 2.18. The first-order chi connectivity index (χ1) is 5.61. The molecule has 0 aliphatic carbocycles. The Morgan fingerprint density at radius 3 is 2.83 bits per heavy atom. The van der Waals surface area contributed by atoms with E-state index >= 15 is 0 Å². The van der Waals surface area contributed by atoms with E-state index in [9.17, 15) is 4.79 Å². The second-order valence-corrected chi connectivity index (χ2v) is 2.39. The standard InChI is InChI=1S/C6H12N4O2/c1-4(2)3-5(9-10-7)6(11)12-8/h5H,1,3,8H2,2H3,(H2,7,9)/t5-/m0/s1. The highest BCUT2D eigenvalue weighted by Crippen LogP contribution is 2.02. The summed E-state index contributed by atoms with van der Waals surface area (Å²) in [6.07, 6.45) is 0.346. The maximum Gasteiger partial charge on any atom is 0.349 e. The van der Waals surface area contributed by atoms with E-state index in [2.05, 4.69) is 28.0 Å². The molecule has 6 heteroatoms. The molecule has 0 amide bonds. The minimum Gasteiger partial charge on any atom is -0.372 e. The molecule has 0 heterocycles. The van der Waals surface area contributed by atoms with Crippen LogP contribution in [0.2, 0.25) is 0 Å². The van der Waals surface area contributed by atoms with Gasteiger partial charge in [0, 0.05) is 6.42 Å². The molecule has 68 valence electrons. The summed E-state index contributed by atoms with van der Waals surface area (Å²) >= 11 is 0. The van der Waals surface area contributed by atoms with E-state index in [4.69, 9.17) is 5.53 Å². The molecule has 0 radical (unpaired) electrons. The van der Waals surface area contributed by atoms with Crippen LogP contribution in [0.25, 0.3) is 0 Å². The molecule has 0 aliphatic rings. The summed E-state index contributed by atoms with van der Waals surface area (Å²) in [6, 6.07) is -0.718. The van der Waals surface area contributed by atoms with Crippen molar-refractivity contribution in [3.8, 4) is 0 Å². The van der Waals surface area contributed by atoms with E-state index < -0.39 is 12.0 Å².